The Morgan fingerprint density at radius 1 is 1.39 bits per heavy atom. The second kappa shape index (κ2) is 6.24. The molecule has 6 nitrogen and oxygen atoms in total. The number of nitrogens with zero attached hydrogens (tertiary/aromatic N) is 1. The van der Waals surface area contributed by atoms with Crippen molar-refractivity contribution in [1.82, 2.24) is 10.5 Å². The van der Waals surface area contributed by atoms with Gasteiger partial charge in [0, 0.05) is 12.0 Å². The Balaban J connectivity index is 1.78. The molecule has 0 spiro atoms. The van der Waals surface area contributed by atoms with E-state index >= 15 is 0 Å². The van der Waals surface area contributed by atoms with Crippen LogP contribution in [-0.4, -0.2) is 22.1 Å². The number of aliphatic carboxylic acids is 1. The molecule has 120 valence electrons. The van der Waals surface area contributed by atoms with Gasteiger partial charge in [-0.15, -0.1) is 0 Å². The average molecular weight is 314 g/mol. The summed E-state index contributed by atoms with van der Waals surface area (Å²) in [6, 6.07) is 8.44. The van der Waals surface area contributed by atoms with E-state index in [0.29, 0.717) is 5.92 Å². The van der Waals surface area contributed by atoms with E-state index in [2.05, 4.69) is 10.5 Å². The molecule has 0 bridgehead atoms. The van der Waals surface area contributed by atoms with Crippen molar-refractivity contribution in [2.75, 3.05) is 0 Å². The quantitative estimate of drug-likeness (QED) is 0.855. The Labute approximate surface area is 133 Å². The molecule has 2 aromatic rings. The largest absolute Gasteiger partial charge is 0.481 e. The van der Waals surface area contributed by atoms with Gasteiger partial charge in [0.15, 0.2) is 5.69 Å². The number of aryl methyl sites for hydroxylation is 1. The van der Waals surface area contributed by atoms with Crippen molar-refractivity contribution in [3.05, 3.63) is 52.9 Å². The normalized spacial score (nSPS) is 15.2. The number of hydrogen-bond acceptors (Lipinski definition) is 4. The number of carboxylic acid groups (broad SMARTS) is 1. The highest BCUT2D eigenvalue weighted by Crippen LogP contribution is 2.40. The van der Waals surface area contributed by atoms with Crippen LogP contribution in [0.15, 0.2) is 34.9 Å². The molecule has 1 atom stereocenters. The van der Waals surface area contributed by atoms with Gasteiger partial charge in [0.2, 0.25) is 0 Å². The zero-order valence-electron chi connectivity index (χ0n) is 12.8. The highest BCUT2D eigenvalue weighted by molar-refractivity contribution is 5.92. The zero-order chi connectivity index (χ0) is 16.4. The fourth-order valence-electron chi connectivity index (χ4n) is 2.58. The summed E-state index contributed by atoms with van der Waals surface area (Å²) in [7, 11) is 0. The SMILES string of the molecule is Cc1ccccc1C(CC(=O)O)NC(=O)c1cc(C2CC2)on1. The minimum Gasteiger partial charge on any atom is -0.481 e. The Bertz CT molecular complexity index is 734. The van der Waals surface area contributed by atoms with Crippen molar-refractivity contribution >= 4 is 11.9 Å². The molecule has 1 fully saturated rings. The van der Waals surface area contributed by atoms with Gasteiger partial charge in [0.1, 0.15) is 5.76 Å². The molecule has 3 rings (SSSR count). The summed E-state index contributed by atoms with van der Waals surface area (Å²) < 4.78 is 5.17. The molecule has 1 aromatic carbocycles. The summed E-state index contributed by atoms with van der Waals surface area (Å²) in [4.78, 5) is 23.5. The highest BCUT2D eigenvalue weighted by atomic mass is 16.5. The van der Waals surface area contributed by atoms with Crippen LogP contribution in [0, 0.1) is 6.92 Å². The fraction of sp³-hybridized carbons (Fsp3) is 0.353. The molecule has 0 saturated heterocycles. The van der Waals surface area contributed by atoms with E-state index in [-0.39, 0.29) is 12.1 Å². The third kappa shape index (κ3) is 3.59. The maximum Gasteiger partial charge on any atom is 0.305 e. The number of aromatic nitrogens is 1. The Hall–Kier alpha value is -2.63. The van der Waals surface area contributed by atoms with Gasteiger partial charge in [-0.05, 0) is 30.9 Å². The van der Waals surface area contributed by atoms with Crippen LogP contribution >= 0.6 is 0 Å². The number of rotatable bonds is 6. The second-order valence-corrected chi connectivity index (χ2v) is 5.87. The number of benzene rings is 1. The summed E-state index contributed by atoms with van der Waals surface area (Å²) in [5, 5.41) is 15.7. The smallest absolute Gasteiger partial charge is 0.305 e. The fourth-order valence-corrected chi connectivity index (χ4v) is 2.58. The molecule has 2 N–H and O–H groups in total. The number of carboxylic acids is 1. The number of carbonyl (C=O) groups is 2. The van der Waals surface area contributed by atoms with E-state index in [9.17, 15) is 9.59 Å². The molecular formula is C17H18N2O4. The minimum atomic E-state index is -0.975. The third-order valence-corrected chi connectivity index (χ3v) is 3.99. The molecule has 1 aliphatic rings. The van der Waals surface area contributed by atoms with Gasteiger partial charge in [-0.2, -0.15) is 0 Å². The first-order valence-electron chi connectivity index (χ1n) is 7.59. The van der Waals surface area contributed by atoms with E-state index in [0.717, 1.165) is 29.7 Å². The van der Waals surface area contributed by atoms with Crippen LogP contribution in [0.1, 0.15) is 58.6 Å². The first kappa shape index (κ1) is 15.3. The van der Waals surface area contributed by atoms with E-state index in [4.69, 9.17) is 9.63 Å². The number of carbonyl (C=O) groups excluding carboxylic acids is 1. The molecule has 1 unspecified atom stereocenters. The lowest BCUT2D eigenvalue weighted by Gasteiger charge is -2.18. The van der Waals surface area contributed by atoms with Gasteiger partial charge in [0.05, 0.1) is 12.5 Å². The van der Waals surface area contributed by atoms with Crippen LogP contribution in [0.25, 0.3) is 0 Å². The lowest BCUT2D eigenvalue weighted by molar-refractivity contribution is -0.137. The van der Waals surface area contributed by atoms with Crippen LogP contribution in [-0.2, 0) is 4.79 Å². The number of hydrogen-bond donors (Lipinski definition) is 2. The molecule has 1 heterocycles. The van der Waals surface area contributed by atoms with Gasteiger partial charge in [-0.1, -0.05) is 29.4 Å². The van der Waals surface area contributed by atoms with Crippen molar-refractivity contribution in [1.29, 1.82) is 0 Å². The number of nitrogens with one attached hydrogen (secondary N) is 1. The highest BCUT2D eigenvalue weighted by Gasteiger charge is 2.29. The van der Waals surface area contributed by atoms with E-state index in [1.165, 1.54) is 0 Å². The predicted octanol–water partition coefficient (Wildman–Crippen LogP) is 2.81. The molecule has 1 aromatic heterocycles. The Morgan fingerprint density at radius 2 is 2.13 bits per heavy atom. The van der Waals surface area contributed by atoms with Crippen molar-refractivity contribution in [3.63, 3.8) is 0 Å². The first-order valence-corrected chi connectivity index (χ1v) is 7.59. The monoisotopic (exact) mass is 314 g/mol. The molecule has 23 heavy (non-hydrogen) atoms. The van der Waals surface area contributed by atoms with Crippen molar-refractivity contribution in [3.8, 4) is 0 Å². The van der Waals surface area contributed by atoms with Crippen molar-refractivity contribution in [2.24, 2.45) is 0 Å². The van der Waals surface area contributed by atoms with Crippen LogP contribution in [0.5, 0.6) is 0 Å². The lowest BCUT2D eigenvalue weighted by atomic mass is 9.98. The summed E-state index contributed by atoms with van der Waals surface area (Å²) in [6.07, 6.45) is 1.92. The molecule has 0 radical (unpaired) electrons. The molecule has 1 aliphatic carbocycles. The first-order chi connectivity index (χ1) is 11.0. The van der Waals surface area contributed by atoms with E-state index < -0.39 is 17.9 Å². The van der Waals surface area contributed by atoms with Gasteiger partial charge in [-0.3, -0.25) is 9.59 Å². The van der Waals surface area contributed by atoms with E-state index in [1.54, 1.807) is 6.07 Å². The van der Waals surface area contributed by atoms with Gasteiger partial charge < -0.3 is 14.9 Å². The summed E-state index contributed by atoms with van der Waals surface area (Å²) in [5.41, 5.74) is 1.91. The predicted molar refractivity (Wildman–Crippen MR) is 82.1 cm³/mol. The molecule has 1 saturated carbocycles. The second-order valence-electron chi connectivity index (χ2n) is 5.87. The number of amides is 1. The molecular weight excluding hydrogens is 296 g/mol. The van der Waals surface area contributed by atoms with Crippen molar-refractivity contribution < 1.29 is 19.2 Å². The third-order valence-electron chi connectivity index (χ3n) is 3.99. The molecule has 6 heteroatoms. The minimum absolute atomic E-state index is 0.191. The van der Waals surface area contributed by atoms with E-state index in [1.807, 2.05) is 31.2 Å². The summed E-state index contributed by atoms with van der Waals surface area (Å²) >= 11 is 0. The zero-order valence-corrected chi connectivity index (χ0v) is 12.8. The van der Waals surface area contributed by atoms with Crippen LogP contribution < -0.4 is 5.32 Å². The molecule has 0 aliphatic heterocycles. The summed E-state index contributed by atoms with van der Waals surface area (Å²) in [6.45, 7) is 1.89. The average Bonchev–Trinajstić information content (AvgIpc) is 3.24. The lowest BCUT2D eigenvalue weighted by Crippen LogP contribution is -2.30. The van der Waals surface area contributed by atoms with Gasteiger partial charge >= 0.3 is 5.97 Å². The standard InChI is InChI=1S/C17H18N2O4/c1-10-4-2-3-5-12(10)13(9-16(20)21)18-17(22)14-8-15(23-19-14)11-6-7-11/h2-5,8,11,13H,6-7,9H2,1H3,(H,18,22)(H,20,21). The topological polar surface area (TPSA) is 92.4 Å². The maximum absolute atomic E-state index is 12.4. The summed E-state index contributed by atoms with van der Waals surface area (Å²) in [5.74, 6) is -0.302. The van der Waals surface area contributed by atoms with Crippen molar-refractivity contribution in [2.45, 2.75) is 38.1 Å². The Morgan fingerprint density at radius 3 is 2.78 bits per heavy atom. The maximum atomic E-state index is 12.4. The van der Waals surface area contributed by atoms with Gasteiger partial charge in [-0.25, -0.2) is 0 Å². The molecule has 1 amide bonds. The van der Waals surface area contributed by atoms with Crippen LogP contribution in [0.2, 0.25) is 0 Å². The van der Waals surface area contributed by atoms with Crippen LogP contribution in [0.3, 0.4) is 0 Å². The Kier molecular flexibility index (Phi) is 4.14. The van der Waals surface area contributed by atoms with Gasteiger partial charge in [0.25, 0.3) is 5.91 Å². The van der Waals surface area contributed by atoms with Crippen LogP contribution in [0.4, 0.5) is 0 Å².